The van der Waals surface area contributed by atoms with Gasteiger partial charge in [-0.1, -0.05) is 6.07 Å². The maximum atomic E-state index is 12.5. The number of nitro benzene ring substituents is 1. The van der Waals surface area contributed by atoms with E-state index in [-0.39, 0.29) is 17.7 Å². The van der Waals surface area contributed by atoms with Crippen LogP contribution < -0.4 is 4.74 Å². The molecule has 1 amide bonds. The minimum Gasteiger partial charge on any atom is -0.471 e. The molecule has 1 fully saturated rings. The Hall–Kier alpha value is -3.03. The Morgan fingerprint density at radius 1 is 1.33 bits per heavy atom. The second kappa shape index (κ2) is 6.61. The summed E-state index contributed by atoms with van der Waals surface area (Å²) in [7, 11) is 0. The molecule has 0 bridgehead atoms. The number of hydrogen-bond acceptors (Lipinski definition) is 6. The van der Waals surface area contributed by atoms with E-state index in [0.29, 0.717) is 31.0 Å². The van der Waals surface area contributed by atoms with Gasteiger partial charge in [-0.2, -0.15) is 5.10 Å². The number of non-ortho nitro benzene ring substituents is 1. The Morgan fingerprint density at radius 2 is 2.17 bits per heavy atom. The number of rotatable bonds is 4. The molecular formula is C16H16N4O4. The summed E-state index contributed by atoms with van der Waals surface area (Å²) in [6, 6.07) is 9.30. The van der Waals surface area contributed by atoms with Crippen molar-refractivity contribution in [2.24, 2.45) is 0 Å². The van der Waals surface area contributed by atoms with Crippen molar-refractivity contribution in [2.45, 2.75) is 19.4 Å². The second-order valence-electron chi connectivity index (χ2n) is 5.60. The van der Waals surface area contributed by atoms with Crippen LogP contribution in [0.3, 0.4) is 0 Å². The molecule has 0 saturated carbocycles. The van der Waals surface area contributed by atoms with Gasteiger partial charge < -0.3 is 9.64 Å². The van der Waals surface area contributed by atoms with E-state index < -0.39 is 4.92 Å². The monoisotopic (exact) mass is 328 g/mol. The van der Waals surface area contributed by atoms with Crippen LogP contribution in [-0.4, -0.2) is 45.1 Å². The predicted molar refractivity (Wildman–Crippen MR) is 84.8 cm³/mol. The number of aromatic nitrogens is 2. The lowest BCUT2D eigenvalue weighted by atomic mass is 10.2. The molecule has 2 aromatic rings. The van der Waals surface area contributed by atoms with E-state index in [0.717, 1.165) is 5.69 Å². The van der Waals surface area contributed by atoms with E-state index in [1.165, 1.54) is 18.2 Å². The Morgan fingerprint density at radius 3 is 2.88 bits per heavy atom. The number of nitrogens with zero attached hydrogens (tertiary/aromatic N) is 4. The van der Waals surface area contributed by atoms with Crippen molar-refractivity contribution < 1.29 is 14.5 Å². The molecule has 0 N–H and O–H groups in total. The first kappa shape index (κ1) is 15.9. The summed E-state index contributed by atoms with van der Waals surface area (Å²) >= 11 is 0. The molecule has 1 aliphatic rings. The number of nitro groups is 1. The standard InChI is InChI=1S/C16H16N4O4/c1-11-5-6-15(18-17-11)24-14-7-8-19(10-14)16(21)12-3-2-4-13(9-12)20(22)23/h2-6,9,14H,7-8,10H2,1H3. The quantitative estimate of drug-likeness (QED) is 0.629. The van der Waals surface area contributed by atoms with Crippen molar-refractivity contribution in [3.63, 3.8) is 0 Å². The van der Waals surface area contributed by atoms with Gasteiger partial charge in [0.25, 0.3) is 11.6 Å². The van der Waals surface area contributed by atoms with E-state index in [1.54, 1.807) is 17.0 Å². The molecule has 0 spiro atoms. The number of ether oxygens (including phenoxy) is 1. The van der Waals surface area contributed by atoms with Gasteiger partial charge in [-0.15, -0.1) is 5.10 Å². The van der Waals surface area contributed by atoms with E-state index in [2.05, 4.69) is 10.2 Å². The summed E-state index contributed by atoms with van der Waals surface area (Å²) in [5, 5.41) is 18.7. The van der Waals surface area contributed by atoms with Crippen LogP contribution in [0.4, 0.5) is 5.69 Å². The summed E-state index contributed by atoms with van der Waals surface area (Å²) < 4.78 is 5.73. The minimum absolute atomic E-state index is 0.0947. The molecular weight excluding hydrogens is 312 g/mol. The molecule has 8 nitrogen and oxygen atoms in total. The van der Waals surface area contributed by atoms with Crippen LogP contribution >= 0.6 is 0 Å². The Balaban J connectivity index is 1.64. The normalized spacial score (nSPS) is 16.9. The first-order valence-corrected chi connectivity index (χ1v) is 7.53. The zero-order valence-electron chi connectivity index (χ0n) is 13.1. The van der Waals surface area contributed by atoms with Gasteiger partial charge in [0.2, 0.25) is 5.88 Å². The smallest absolute Gasteiger partial charge is 0.270 e. The summed E-state index contributed by atoms with van der Waals surface area (Å²) in [5.41, 5.74) is 1.01. The van der Waals surface area contributed by atoms with Crippen LogP contribution in [0, 0.1) is 17.0 Å². The van der Waals surface area contributed by atoms with Gasteiger partial charge in [0.1, 0.15) is 6.10 Å². The minimum atomic E-state index is -0.511. The Bertz CT molecular complexity index is 763. The maximum Gasteiger partial charge on any atom is 0.270 e. The number of hydrogen-bond donors (Lipinski definition) is 0. The molecule has 8 heteroatoms. The highest BCUT2D eigenvalue weighted by Crippen LogP contribution is 2.20. The third-order valence-electron chi connectivity index (χ3n) is 3.80. The highest BCUT2D eigenvalue weighted by molar-refractivity contribution is 5.95. The van der Waals surface area contributed by atoms with Crippen LogP contribution in [-0.2, 0) is 0 Å². The van der Waals surface area contributed by atoms with E-state index >= 15 is 0 Å². The fourth-order valence-corrected chi connectivity index (χ4v) is 2.56. The van der Waals surface area contributed by atoms with Crippen LogP contribution in [0.15, 0.2) is 36.4 Å². The van der Waals surface area contributed by atoms with Gasteiger partial charge in [-0.25, -0.2) is 0 Å². The Labute approximate surface area is 138 Å². The van der Waals surface area contributed by atoms with Gasteiger partial charge >= 0.3 is 0 Å². The van der Waals surface area contributed by atoms with Crippen LogP contribution in [0.1, 0.15) is 22.5 Å². The highest BCUT2D eigenvalue weighted by atomic mass is 16.6. The van der Waals surface area contributed by atoms with E-state index in [1.807, 2.05) is 13.0 Å². The summed E-state index contributed by atoms with van der Waals surface area (Å²) in [6.45, 7) is 2.79. The fraction of sp³-hybridized carbons (Fsp3) is 0.312. The first-order chi connectivity index (χ1) is 11.5. The Kier molecular flexibility index (Phi) is 4.37. The molecule has 1 unspecified atom stereocenters. The zero-order valence-corrected chi connectivity index (χ0v) is 13.1. The van der Waals surface area contributed by atoms with Crippen LogP contribution in [0.2, 0.25) is 0 Å². The SMILES string of the molecule is Cc1ccc(OC2CCN(C(=O)c3cccc([N+](=O)[O-])c3)C2)nn1. The third-order valence-corrected chi connectivity index (χ3v) is 3.80. The first-order valence-electron chi connectivity index (χ1n) is 7.53. The molecule has 124 valence electrons. The molecule has 0 aliphatic carbocycles. The van der Waals surface area contributed by atoms with Crippen molar-refractivity contribution >= 4 is 11.6 Å². The number of benzene rings is 1. The number of likely N-dealkylation sites (tertiary alicyclic amines) is 1. The predicted octanol–water partition coefficient (Wildman–Crippen LogP) is 1.99. The molecule has 1 aliphatic heterocycles. The van der Waals surface area contributed by atoms with Crippen molar-refractivity contribution in [1.82, 2.24) is 15.1 Å². The molecule has 0 radical (unpaired) electrons. The summed E-state index contributed by atoms with van der Waals surface area (Å²) in [5.74, 6) is 0.190. The van der Waals surface area contributed by atoms with E-state index in [4.69, 9.17) is 4.74 Å². The average molecular weight is 328 g/mol. The molecule has 1 saturated heterocycles. The average Bonchev–Trinajstić information content (AvgIpc) is 3.05. The lowest BCUT2D eigenvalue weighted by molar-refractivity contribution is -0.384. The zero-order chi connectivity index (χ0) is 17.1. The fourth-order valence-electron chi connectivity index (χ4n) is 2.56. The van der Waals surface area contributed by atoms with E-state index in [9.17, 15) is 14.9 Å². The number of amides is 1. The van der Waals surface area contributed by atoms with Gasteiger partial charge in [0.05, 0.1) is 17.2 Å². The topological polar surface area (TPSA) is 98.5 Å². The molecule has 1 aromatic carbocycles. The number of carbonyl (C=O) groups is 1. The summed E-state index contributed by atoms with van der Waals surface area (Å²) in [4.78, 5) is 24.4. The van der Waals surface area contributed by atoms with Gasteiger partial charge in [0.15, 0.2) is 0 Å². The van der Waals surface area contributed by atoms with Crippen molar-refractivity contribution in [1.29, 1.82) is 0 Å². The van der Waals surface area contributed by atoms with Gasteiger partial charge in [-0.05, 0) is 19.1 Å². The largest absolute Gasteiger partial charge is 0.471 e. The summed E-state index contributed by atoms with van der Waals surface area (Å²) in [6.07, 6.45) is 0.514. The molecule has 2 heterocycles. The van der Waals surface area contributed by atoms with Crippen LogP contribution in [0.25, 0.3) is 0 Å². The highest BCUT2D eigenvalue weighted by Gasteiger charge is 2.29. The lowest BCUT2D eigenvalue weighted by Crippen LogP contribution is -2.31. The van der Waals surface area contributed by atoms with Crippen molar-refractivity contribution in [2.75, 3.05) is 13.1 Å². The molecule has 1 atom stereocenters. The van der Waals surface area contributed by atoms with Gasteiger partial charge in [0, 0.05) is 36.7 Å². The number of carbonyl (C=O) groups excluding carboxylic acids is 1. The van der Waals surface area contributed by atoms with Gasteiger partial charge in [-0.3, -0.25) is 14.9 Å². The van der Waals surface area contributed by atoms with Crippen molar-refractivity contribution in [3.05, 3.63) is 57.8 Å². The molecule has 24 heavy (non-hydrogen) atoms. The van der Waals surface area contributed by atoms with Crippen molar-refractivity contribution in [3.8, 4) is 5.88 Å². The maximum absolute atomic E-state index is 12.5. The molecule has 3 rings (SSSR count). The molecule has 1 aromatic heterocycles. The lowest BCUT2D eigenvalue weighted by Gasteiger charge is -2.16. The van der Waals surface area contributed by atoms with Crippen LogP contribution in [0.5, 0.6) is 5.88 Å². The number of aryl methyl sites for hydroxylation is 1. The second-order valence-corrected chi connectivity index (χ2v) is 5.60. The third kappa shape index (κ3) is 3.48.